The number of nitrogens with two attached hydrogens (primary N) is 1. The number of ether oxygens (including phenoxy) is 1. The fourth-order valence-electron chi connectivity index (χ4n) is 1.84. The van der Waals surface area contributed by atoms with Crippen molar-refractivity contribution in [2.45, 2.75) is 18.6 Å². The Labute approximate surface area is 113 Å². The standard InChI is InChI=1S/C16H19NO2/c17-15(11-13-7-3-1-4-8-13)16(18)12-19-14-9-5-2-6-10-14/h1-10,15-16,18H,11-12,17H2. The smallest absolute Gasteiger partial charge is 0.119 e. The molecule has 2 rings (SSSR count). The van der Waals surface area contributed by atoms with Gasteiger partial charge in [-0.2, -0.15) is 0 Å². The van der Waals surface area contributed by atoms with Crippen LogP contribution in [0, 0.1) is 0 Å². The van der Waals surface area contributed by atoms with Crippen molar-refractivity contribution in [1.29, 1.82) is 0 Å². The Hall–Kier alpha value is -1.84. The molecule has 2 atom stereocenters. The number of aliphatic hydroxyl groups is 1. The van der Waals surface area contributed by atoms with Crippen LogP contribution in [-0.2, 0) is 6.42 Å². The zero-order valence-corrected chi connectivity index (χ0v) is 10.8. The molecule has 2 unspecified atom stereocenters. The van der Waals surface area contributed by atoms with E-state index in [1.807, 2.05) is 60.7 Å². The summed E-state index contributed by atoms with van der Waals surface area (Å²) in [5.41, 5.74) is 7.10. The van der Waals surface area contributed by atoms with Crippen LogP contribution >= 0.6 is 0 Å². The van der Waals surface area contributed by atoms with Crippen LogP contribution in [0.4, 0.5) is 0 Å². The van der Waals surface area contributed by atoms with Crippen molar-refractivity contribution in [3.8, 4) is 5.75 Å². The zero-order valence-electron chi connectivity index (χ0n) is 10.8. The molecule has 3 heteroatoms. The van der Waals surface area contributed by atoms with Crippen molar-refractivity contribution in [2.24, 2.45) is 5.73 Å². The molecule has 2 aromatic rings. The van der Waals surface area contributed by atoms with E-state index in [0.29, 0.717) is 6.42 Å². The van der Waals surface area contributed by atoms with E-state index >= 15 is 0 Å². The third-order valence-corrected chi connectivity index (χ3v) is 2.97. The Morgan fingerprint density at radius 2 is 1.53 bits per heavy atom. The summed E-state index contributed by atoms with van der Waals surface area (Å²) in [6, 6.07) is 19.0. The molecule has 2 aromatic carbocycles. The first kappa shape index (κ1) is 13.6. The van der Waals surface area contributed by atoms with Crippen LogP contribution in [0.5, 0.6) is 5.75 Å². The largest absolute Gasteiger partial charge is 0.491 e. The number of aliphatic hydroxyl groups excluding tert-OH is 1. The molecule has 0 spiro atoms. The van der Waals surface area contributed by atoms with Crippen molar-refractivity contribution in [3.05, 3.63) is 66.2 Å². The van der Waals surface area contributed by atoms with Gasteiger partial charge in [-0.15, -0.1) is 0 Å². The normalized spacial score (nSPS) is 13.8. The predicted octanol–water partition coefficient (Wildman–Crippen LogP) is 2.00. The summed E-state index contributed by atoms with van der Waals surface area (Å²) in [6.45, 7) is 0.206. The van der Waals surface area contributed by atoms with Gasteiger partial charge >= 0.3 is 0 Å². The molecule has 0 heterocycles. The Bertz CT molecular complexity index is 473. The van der Waals surface area contributed by atoms with Crippen molar-refractivity contribution in [1.82, 2.24) is 0 Å². The lowest BCUT2D eigenvalue weighted by molar-refractivity contribution is 0.0851. The summed E-state index contributed by atoms with van der Waals surface area (Å²) < 4.78 is 5.50. The number of hydrogen-bond acceptors (Lipinski definition) is 3. The third kappa shape index (κ3) is 4.39. The lowest BCUT2D eigenvalue weighted by Crippen LogP contribution is -2.40. The van der Waals surface area contributed by atoms with E-state index in [2.05, 4.69) is 0 Å². The highest BCUT2D eigenvalue weighted by Gasteiger charge is 2.15. The highest BCUT2D eigenvalue weighted by molar-refractivity contribution is 5.21. The molecule has 0 aliphatic heterocycles. The van der Waals surface area contributed by atoms with Crippen LogP contribution in [0.3, 0.4) is 0 Å². The Morgan fingerprint density at radius 1 is 0.947 bits per heavy atom. The van der Waals surface area contributed by atoms with Crippen LogP contribution in [0.2, 0.25) is 0 Å². The van der Waals surface area contributed by atoms with E-state index in [1.165, 1.54) is 0 Å². The number of rotatable bonds is 6. The summed E-state index contributed by atoms with van der Waals surface area (Å²) in [5, 5.41) is 9.99. The first-order chi connectivity index (χ1) is 9.25. The molecule has 0 saturated heterocycles. The Morgan fingerprint density at radius 3 is 2.16 bits per heavy atom. The first-order valence-electron chi connectivity index (χ1n) is 6.41. The van der Waals surface area contributed by atoms with Gasteiger partial charge < -0.3 is 15.6 Å². The maximum atomic E-state index is 9.99. The number of hydrogen-bond donors (Lipinski definition) is 2. The molecule has 0 aliphatic carbocycles. The van der Waals surface area contributed by atoms with Crippen molar-refractivity contribution in [3.63, 3.8) is 0 Å². The molecule has 0 amide bonds. The minimum absolute atomic E-state index is 0.206. The van der Waals surface area contributed by atoms with Gasteiger partial charge in [0.05, 0.1) is 0 Å². The predicted molar refractivity (Wildman–Crippen MR) is 76.1 cm³/mol. The number of benzene rings is 2. The summed E-state index contributed by atoms with van der Waals surface area (Å²) >= 11 is 0. The molecule has 0 bridgehead atoms. The Kier molecular flexibility index (Phi) is 4.95. The van der Waals surface area contributed by atoms with Gasteiger partial charge in [-0.3, -0.25) is 0 Å². The second-order valence-electron chi connectivity index (χ2n) is 4.54. The van der Waals surface area contributed by atoms with Gasteiger partial charge in [0.2, 0.25) is 0 Å². The molecular formula is C16H19NO2. The fraction of sp³-hybridized carbons (Fsp3) is 0.250. The molecule has 0 aliphatic rings. The van der Waals surface area contributed by atoms with E-state index < -0.39 is 6.10 Å². The maximum absolute atomic E-state index is 9.99. The van der Waals surface area contributed by atoms with Gasteiger partial charge in [0, 0.05) is 6.04 Å². The van der Waals surface area contributed by atoms with Crippen molar-refractivity contribution >= 4 is 0 Å². The van der Waals surface area contributed by atoms with Crippen LogP contribution < -0.4 is 10.5 Å². The van der Waals surface area contributed by atoms with E-state index in [4.69, 9.17) is 10.5 Å². The molecule has 3 nitrogen and oxygen atoms in total. The minimum Gasteiger partial charge on any atom is -0.491 e. The minimum atomic E-state index is -0.680. The van der Waals surface area contributed by atoms with Crippen LogP contribution in [0.15, 0.2) is 60.7 Å². The highest BCUT2D eigenvalue weighted by Crippen LogP contribution is 2.10. The lowest BCUT2D eigenvalue weighted by Gasteiger charge is -2.19. The van der Waals surface area contributed by atoms with Gasteiger partial charge in [-0.05, 0) is 24.1 Å². The van der Waals surface area contributed by atoms with E-state index in [1.54, 1.807) is 0 Å². The second kappa shape index (κ2) is 6.92. The first-order valence-corrected chi connectivity index (χ1v) is 6.41. The van der Waals surface area contributed by atoms with Gasteiger partial charge in [-0.25, -0.2) is 0 Å². The van der Waals surface area contributed by atoms with Gasteiger partial charge in [0.1, 0.15) is 18.5 Å². The van der Waals surface area contributed by atoms with Gasteiger partial charge in [0.25, 0.3) is 0 Å². The quantitative estimate of drug-likeness (QED) is 0.832. The topological polar surface area (TPSA) is 55.5 Å². The number of para-hydroxylation sites is 1. The zero-order chi connectivity index (χ0) is 13.5. The molecule has 0 saturated carbocycles. The van der Waals surface area contributed by atoms with Crippen LogP contribution in [0.25, 0.3) is 0 Å². The summed E-state index contributed by atoms with van der Waals surface area (Å²) in [4.78, 5) is 0. The van der Waals surface area contributed by atoms with E-state index in [0.717, 1.165) is 11.3 Å². The summed E-state index contributed by atoms with van der Waals surface area (Å²) in [5.74, 6) is 0.744. The molecule has 0 fully saturated rings. The van der Waals surface area contributed by atoms with E-state index in [9.17, 15) is 5.11 Å². The van der Waals surface area contributed by atoms with Crippen molar-refractivity contribution in [2.75, 3.05) is 6.61 Å². The lowest BCUT2D eigenvalue weighted by atomic mass is 10.0. The summed E-state index contributed by atoms with van der Waals surface area (Å²) in [7, 11) is 0. The van der Waals surface area contributed by atoms with Crippen molar-refractivity contribution < 1.29 is 9.84 Å². The monoisotopic (exact) mass is 257 g/mol. The SMILES string of the molecule is NC(Cc1ccccc1)C(O)COc1ccccc1. The van der Waals surface area contributed by atoms with Crippen LogP contribution in [0.1, 0.15) is 5.56 Å². The average molecular weight is 257 g/mol. The molecular weight excluding hydrogens is 238 g/mol. The average Bonchev–Trinajstić information content (AvgIpc) is 2.47. The molecule has 3 N–H and O–H groups in total. The Balaban J connectivity index is 1.81. The third-order valence-electron chi connectivity index (χ3n) is 2.97. The van der Waals surface area contributed by atoms with Crippen LogP contribution in [-0.4, -0.2) is 23.9 Å². The summed E-state index contributed by atoms with van der Waals surface area (Å²) in [6.07, 6.45) is -0.0411. The maximum Gasteiger partial charge on any atom is 0.119 e. The molecule has 100 valence electrons. The molecule has 0 radical (unpaired) electrons. The second-order valence-corrected chi connectivity index (χ2v) is 4.54. The van der Waals surface area contributed by atoms with E-state index in [-0.39, 0.29) is 12.6 Å². The van der Waals surface area contributed by atoms with Gasteiger partial charge in [0.15, 0.2) is 0 Å². The molecule has 19 heavy (non-hydrogen) atoms. The highest BCUT2D eigenvalue weighted by atomic mass is 16.5. The molecule has 0 aromatic heterocycles. The van der Waals surface area contributed by atoms with Gasteiger partial charge in [-0.1, -0.05) is 48.5 Å². The fourth-order valence-corrected chi connectivity index (χ4v) is 1.84.